The molecule has 0 unspecified atom stereocenters. The second kappa shape index (κ2) is 9.85. The van der Waals surface area contributed by atoms with Crippen molar-refractivity contribution in [3.63, 3.8) is 0 Å². The maximum absolute atomic E-state index is 11.9. The molecule has 2 saturated heterocycles. The van der Waals surface area contributed by atoms with Crippen LogP contribution in [0.25, 0.3) is 0 Å². The van der Waals surface area contributed by atoms with Gasteiger partial charge in [-0.2, -0.15) is 0 Å². The average molecular weight is 340 g/mol. The quantitative estimate of drug-likeness (QED) is 0.673. The van der Waals surface area contributed by atoms with Gasteiger partial charge in [-0.25, -0.2) is 0 Å². The number of rotatable bonds is 8. The van der Waals surface area contributed by atoms with E-state index in [1.165, 1.54) is 25.9 Å². The van der Waals surface area contributed by atoms with Crippen LogP contribution >= 0.6 is 0 Å². The lowest BCUT2D eigenvalue weighted by Gasteiger charge is -2.42. The Hall–Kier alpha value is -0.490. The van der Waals surface area contributed by atoms with Gasteiger partial charge in [0.15, 0.2) is 0 Å². The van der Waals surface area contributed by atoms with E-state index in [1.807, 2.05) is 13.8 Å². The Morgan fingerprint density at radius 2 is 1.58 bits per heavy atom. The highest BCUT2D eigenvalue weighted by molar-refractivity contribution is 5.82. The summed E-state index contributed by atoms with van der Waals surface area (Å²) in [5.41, 5.74) is 0. The molecule has 0 aromatic heterocycles. The largest absolute Gasteiger partial charge is 0.377 e. The van der Waals surface area contributed by atoms with Gasteiger partial charge < -0.3 is 4.74 Å². The van der Waals surface area contributed by atoms with Crippen molar-refractivity contribution in [2.75, 3.05) is 59.0 Å². The van der Waals surface area contributed by atoms with Crippen LogP contribution in [0.2, 0.25) is 0 Å². The van der Waals surface area contributed by atoms with E-state index >= 15 is 0 Å². The van der Waals surface area contributed by atoms with Crippen molar-refractivity contribution in [3.8, 4) is 0 Å². The first-order chi connectivity index (χ1) is 11.5. The first-order valence-electron chi connectivity index (χ1n) is 9.78. The lowest BCUT2D eigenvalue weighted by Crippen LogP contribution is -2.54. The first kappa shape index (κ1) is 19.8. The Labute approximate surface area is 148 Å². The van der Waals surface area contributed by atoms with Gasteiger partial charge in [0.2, 0.25) is 0 Å². The van der Waals surface area contributed by atoms with Crippen molar-refractivity contribution in [2.24, 2.45) is 5.92 Å². The number of carbonyl (C=O) groups excluding carboxylic acids is 1. The predicted molar refractivity (Wildman–Crippen MR) is 98.4 cm³/mol. The average Bonchev–Trinajstić information content (AvgIpc) is 2.56. The molecule has 0 bridgehead atoms. The number of Topliss-reactive ketones (excluding diaryl/α,β-unsaturated/α-hetero) is 1. The van der Waals surface area contributed by atoms with E-state index in [4.69, 9.17) is 4.74 Å². The van der Waals surface area contributed by atoms with Gasteiger partial charge in [0.05, 0.1) is 19.3 Å². The monoisotopic (exact) mass is 339 g/mol. The van der Waals surface area contributed by atoms with Crippen LogP contribution in [0.3, 0.4) is 0 Å². The molecule has 0 N–H and O–H groups in total. The van der Waals surface area contributed by atoms with Gasteiger partial charge in [-0.1, -0.05) is 13.8 Å². The summed E-state index contributed by atoms with van der Waals surface area (Å²) in [5, 5.41) is 0. The standard InChI is InChI=1S/C19H37N3O2/c1-16(2)19(23)15-21-7-5-18(6-8-21)22-11-9-20(10-12-22)13-14-24-17(3)4/h16-18H,5-15H2,1-4H3. The van der Waals surface area contributed by atoms with Crippen LogP contribution in [0.15, 0.2) is 0 Å². The normalized spacial score (nSPS) is 22.6. The fourth-order valence-electron chi connectivity index (χ4n) is 3.62. The van der Waals surface area contributed by atoms with E-state index in [1.54, 1.807) is 0 Å². The Bertz CT molecular complexity index is 371. The fraction of sp³-hybridized carbons (Fsp3) is 0.947. The number of ether oxygens (including phenoxy) is 1. The SMILES string of the molecule is CC(C)OCCN1CCN(C2CCN(CC(=O)C(C)C)CC2)CC1. The van der Waals surface area contributed by atoms with E-state index in [-0.39, 0.29) is 5.92 Å². The highest BCUT2D eigenvalue weighted by Gasteiger charge is 2.28. The zero-order valence-corrected chi connectivity index (χ0v) is 16.2. The van der Waals surface area contributed by atoms with Gasteiger partial charge in [-0.05, 0) is 26.7 Å². The number of nitrogens with zero attached hydrogens (tertiary/aromatic N) is 3. The van der Waals surface area contributed by atoms with Crippen LogP contribution in [0.4, 0.5) is 0 Å². The van der Waals surface area contributed by atoms with Crippen molar-refractivity contribution in [1.82, 2.24) is 14.7 Å². The molecule has 0 aromatic rings. The van der Waals surface area contributed by atoms with Crippen molar-refractivity contribution in [1.29, 1.82) is 0 Å². The Morgan fingerprint density at radius 3 is 2.12 bits per heavy atom. The van der Waals surface area contributed by atoms with Gasteiger partial charge in [0, 0.05) is 57.8 Å². The number of hydrogen-bond acceptors (Lipinski definition) is 5. The van der Waals surface area contributed by atoms with E-state index in [9.17, 15) is 4.79 Å². The zero-order valence-electron chi connectivity index (χ0n) is 16.2. The second-order valence-electron chi connectivity index (χ2n) is 7.93. The molecule has 0 aliphatic carbocycles. The summed E-state index contributed by atoms with van der Waals surface area (Å²) in [6.45, 7) is 17.6. The molecule has 5 heteroatoms. The van der Waals surface area contributed by atoms with E-state index in [0.29, 0.717) is 24.5 Å². The molecule has 0 saturated carbocycles. The topological polar surface area (TPSA) is 36.0 Å². The second-order valence-corrected chi connectivity index (χ2v) is 7.93. The van der Waals surface area contributed by atoms with E-state index in [2.05, 4.69) is 28.5 Å². The van der Waals surface area contributed by atoms with Crippen LogP contribution in [-0.2, 0) is 9.53 Å². The van der Waals surface area contributed by atoms with Gasteiger partial charge in [-0.3, -0.25) is 19.5 Å². The molecule has 2 aliphatic rings. The van der Waals surface area contributed by atoms with E-state index < -0.39 is 0 Å². The van der Waals surface area contributed by atoms with Gasteiger partial charge >= 0.3 is 0 Å². The highest BCUT2D eigenvalue weighted by atomic mass is 16.5. The molecule has 0 radical (unpaired) electrons. The smallest absolute Gasteiger partial charge is 0.149 e. The molecule has 5 nitrogen and oxygen atoms in total. The van der Waals surface area contributed by atoms with Gasteiger partial charge in [0.25, 0.3) is 0 Å². The summed E-state index contributed by atoms with van der Waals surface area (Å²) in [7, 11) is 0. The third-order valence-corrected chi connectivity index (χ3v) is 5.36. The Balaban J connectivity index is 1.63. The van der Waals surface area contributed by atoms with Gasteiger partial charge in [-0.15, -0.1) is 0 Å². The molecular formula is C19H37N3O2. The third-order valence-electron chi connectivity index (χ3n) is 5.36. The summed E-state index contributed by atoms with van der Waals surface area (Å²) in [4.78, 5) is 19.4. The number of piperazine rings is 1. The van der Waals surface area contributed by atoms with Crippen LogP contribution in [0, 0.1) is 5.92 Å². The lowest BCUT2D eigenvalue weighted by atomic mass is 10.0. The summed E-state index contributed by atoms with van der Waals surface area (Å²) >= 11 is 0. The Morgan fingerprint density at radius 1 is 0.958 bits per heavy atom. The zero-order chi connectivity index (χ0) is 17.5. The van der Waals surface area contributed by atoms with Crippen LogP contribution in [0.1, 0.15) is 40.5 Å². The van der Waals surface area contributed by atoms with Crippen LogP contribution in [0.5, 0.6) is 0 Å². The minimum atomic E-state index is 0.162. The highest BCUT2D eigenvalue weighted by Crippen LogP contribution is 2.18. The van der Waals surface area contributed by atoms with Crippen molar-refractivity contribution < 1.29 is 9.53 Å². The number of likely N-dealkylation sites (tertiary alicyclic amines) is 1. The molecule has 2 fully saturated rings. The predicted octanol–water partition coefficient (Wildman–Crippen LogP) is 1.72. The summed E-state index contributed by atoms with van der Waals surface area (Å²) < 4.78 is 5.66. The number of hydrogen-bond donors (Lipinski definition) is 0. The molecule has 2 aliphatic heterocycles. The van der Waals surface area contributed by atoms with Gasteiger partial charge in [0.1, 0.15) is 5.78 Å². The number of ketones is 1. The first-order valence-corrected chi connectivity index (χ1v) is 9.78. The molecule has 0 spiro atoms. The molecule has 2 heterocycles. The molecule has 24 heavy (non-hydrogen) atoms. The molecule has 0 atom stereocenters. The number of carbonyl (C=O) groups is 1. The minimum absolute atomic E-state index is 0.162. The Kier molecular flexibility index (Phi) is 8.14. The molecule has 0 aromatic carbocycles. The van der Waals surface area contributed by atoms with Crippen molar-refractivity contribution >= 4 is 5.78 Å². The molecule has 2 rings (SSSR count). The third kappa shape index (κ3) is 6.43. The molecule has 0 amide bonds. The van der Waals surface area contributed by atoms with Crippen molar-refractivity contribution in [3.05, 3.63) is 0 Å². The summed E-state index contributed by atoms with van der Waals surface area (Å²) in [6, 6.07) is 0.712. The minimum Gasteiger partial charge on any atom is -0.377 e. The van der Waals surface area contributed by atoms with Crippen molar-refractivity contribution in [2.45, 2.75) is 52.7 Å². The van der Waals surface area contributed by atoms with E-state index in [0.717, 1.165) is 39.3 Å². The van der Waals surface area contributed by atoms with Crippen LogP contribution < -0.4 is 0 Å². The fourth-order valence-corrected chi connectivity index (χ4v) is 3.62. The van der Waals surface area contributed by atoms with Crippen LogP contribution in [-0.4, -0.2) is 91.6 Å². The maximum Gasteiger partial charge on any atom is 0.149 e. The molecular weight excluding hydrogens is 302 g/mol. The summed E-state index contributed by atoms with van der Waals surface area (Å²) in [6.07, 6.45) is 2.75. The maximum atomic E-state index is 11.9. The number of piperidine rings is 1. The summed E-state index contributed by atoms with van der Waals surface area (Å²) in [5.74, 6) is 0.543. The molecule has 140 valence electrons. The lowest BCUT2D eigenvalue weighted by molar-refractivity contribution is -0.123.